The van der Waals surface area contributed by atoms with Crippen LogP contribution in [0.2, 0.25) is 0 Å². The predicted molar refractivity (Wildman–Crippen MR) is 70.2 cm³/mol. The van der Waals surface area contributed by atoms with Gasteiger partial charge in [0, 0.05) is 6.04 Å². The Hall–Kier alpha value is -1.65. The van der Waals surface area contributed by atoms with Gasteiger partial charge < -0.3 is 11.1 Å². The van der Waals surface area contributed by atoms with Gasteiger partial charge in [0.25, 0.3) is 5.91 Å². The Morgan fingerprint density at radius 1 is 1.28 bits per heavy atom. The van der Waals surface area contributed by atoms with Crippen molar-refractivity contribution >= 4 is 11.7 Å². The number of aromatic nitrogens is 2. The first-order valence-electron chi connectivity index (χ1n) is 6.55. The zero-order valence-electron chi connectivity index (χ0n) is 10.7. The molecular weight excluding hydrogens is 228 g/mol. The Morgan fingerprint density at radius 3 is 2.78 bits per heavy atom. The van der Waals surface area contributed by atoms with Gasteiger partial charge in [-0.15, -0.1) is 10.2 Å². The average Bonchev–Trinajstić information content (AvgIpc) is 2.55. The van der Waals surface area contributed by atoms with E-state index in [4.69, 9.17) is 5.73 Å². The van der Waals surface area contributed by atoms with Gasteiger partial charge in [-0.05, 0) is 37.3 Å². The van der Waals surface area contributed by atoms with E-state index in [2.05, 4.69) is 22.4 Å². The molecular formula is C13H20N4O. The van der Waals surface area contributed by atoms with Crippen molar-refractivity contribution in [1.29, 1.82) is 0 Å². The number of amides is 1. The molecule has 1 aromatic heterocycles. The lowest BCUT2D eigenvalue weighted by atomic mass is 10.0. The van der Waals surface area contributed by atoms with Crippen molar-refractivity contribution in [2.75, 3.05) is 5.32 Å². The monoisotopic (exact) mass is 248 g/mol. The molecule has 1 amide bonds. The van der Waals surface area contributed by atoms with E-state index in [-0.39, 0.29) is 5.69 Å². The number of nitrogens with two attached hydrogens (primary N) is 1. The van der Waals surface area contributed by atoms with E-state index in [0.717, 1.165) is 11.7 Å². The van der Waals surface area contributed by atoms with Crippen LogP contribution < -0.4 is 11.1 Å². The Morgan fingerprint density at radius 2 is 2.11 bits per heavy atom. The highest BCUT2D eigenvalue weighted by Crippen LogP contribution is 2.24. The van der Waals surface area contributed by atoms with Crippen LogP contribution >= 0.6 is 0 Å². The summed E-state index contributed by atoms with van der Waals surface area (Å²) in [6.07, 6.45) is 6.16. The minimum atomic E-state index is -0.544. The first-order valence-corrected chi connectivity index (χ1v) is 6.55. The van der Waals surface area contributed by atoms with Crippen LogP contribution in [0.25, 0.3) is 0 Å². The van der Waals surface area contributed by atoms with Gasteiger partial charge in [-0.2, -0.15) is 0 Å². The summed E-state index contributed by atoms with van der Waals surface area (Å²) in [5.74, 6) is 0.997. The van der Waals surface area contributed by atoms with Crippen LogP contribution in [-0.4, -0.2) is 22.1 Å². The molecule has 1 fully saturated rings. The Labute approximate surface area is 107 Å². The van der Waals surface area contributed by atoms with Crippen molar-refractivity contribution in [3.63, 3.8) is 0 Å². The van der Waals surface area contributed by atoms with E-state index in [1.54, 1.807) is 12.1 Å². The summed E-state index contributed by atoms with van der Waals surface area (Å²) >= 11 is 0. The second-order valence-electron chi connectivity index (χ2n) is 5.12. The molecule has 0 radical (unpaired) electrons. The van der Waals surface area contributed by atoms with Gasteiger partial charge in [0.2, 0.25) is 0 Å². The number of primary amides is 1. The quantitative estimate of drug-likeness (QED) is 0.801. The molecule has 0 aromatic carbocycles. The molecule has 18 heavy (non-hydrogen) atoms. The van der Waals surface area contributed by atoms with Crippen LogP contribution in [0.1, 0.15) is 49.5 Å². The summed E-state index contributed by atoms with van der Waals surface area (Å²) in [6, 6.07) is 3.84. The minimum Gasteiger partial charge on any atom is -0.366 e. The fourth-order valence-corrected chi connectivity index (χ4v) is 2.38. The number of carbonyl (C=O) groups is 1. The first-order chi connectivity index (χ1) is 8.65. The molecule has 0 spiro atoms. The molecule has 5 nitrogen and oxygen atoms in total. The van der Waals surface area contributed by atoms with Gasteiger partial charge in [-0.3, -0.25) is 4.79 Å². The van der Waals surface area contributed by atoms with Crippen LogP contribution in [0.4, 0.5) is 5.82 Å². The molecule has 5 heteroatoms. The fraction of sp³-hybridized carbons (Fsp3) is 0.615. The van der Waals surface area contributed by atoms with E-state index in [0.29, 0.717) is 6.04 Å². The summed E-state index contributed by atoms with van der Waals surface area (Å²) in [5, 5.41) is 11.2. The van der Waals surface area contributed by atoms with Crippen molar-refractivity contribution in [1.82, 2.24) is 10.2 Å². The molecule has 3 N–H and O–H groups in total. The van der Waals surface area contributed by atoms with Crippen LogP contribution in [0.5, 0.6) is 0 Å². The van der Waals surface area contributed by atoms with Gasteiger partial charge in [-0.25, -0.2) is 0 Å². The highest BCUT2D eigenvalue weighted by molar-refractivity contribution is 5.90. The van der Waals surface area contributed by atoms with Crippen molar-refractivity contribution in [2.45, 2.75) is 45.1 Å². The number of rotatable bonds is 3. The van der Waals surface area contributed by atoms with E-state index in [1.165, 1.54) is 32.1 Å². The van der Waals surface area contributed by atoms with Gasteiger partial charge in [0.1, 0.15) is 5.82 Å². The third kappa shape index (κ3) is 3.42. The zero-order valence-corrected chi connectivity index (χ0v) is 10.7. The summed E-state index contributed by atoms with van der Waals surface area (Å²) in [7, 11) is 0. The summed E-state index contributed by atoms with van der Waals surface area (Å²) in [5.41, 5.74) is 5.33. The molecule has 98 valence electrons. The van der Waals surface area contributed by atoms with Crippen LogP contribution in [0.3, 0.4) is 0 Å². The van der Waals surface area contributed by atoms with Crippen molar-refractivity contribution in [3.8, 4) is 0 Å². The zero-order chi connectivity index (χ0) is 13.0. The summed E-state index contributed by atoms with van der Waals surface area (Å²) < 4.78 is 0. The maximum atomic E-state index is 10.9. The van der Waals surface area contributed by atoms with E-state index >= 15 is 0 Å². The molecule has 2 unspecified atom stereocenters. The topological polar surface area (TPSA) is 80.9 Å². The normalized spacial score (nSPS) is 24.3. The number of nitrogens with one attached hydrogen (secondary N) is 1. The van der Waals surface area contributed by atoms with Gasteiger partial charge in [0.05, 0.1) is 0 Å². The van der Waals surface area contributed by atoms with Gasteiger partial charge in [0.15, 0.2) is 5.69 Å². The highest BCUT2D eigenvalue weighted by atomic mass is 16.1. The Kier molecular flexibility index (Phi) is 4.12. The maximum absolute atomic E-state index is 10.9. The standard InChI is InChI=1S/C13H20N4O/c1-9-3-2-4-10(6-5-9)15-12-8-7-11(13(14)18)16-17-12/h7-10H,2-6H2,1H3,(H2,14,18)(H,15,17). The van der Waals surface area contributed by atoms with E-state index in [1.807, 2.05) is 0 Å². The van der Waals surface area contributed by atoms with Crippen molar-refractivity contribution < 1.29 is 4.79 Å². The summed E-state index contributed by atoms with van der Waals surface area (Å²) in [6.45, 7) is 2.31. The smallest absolute Gasteiger partial charge is 0.269 e. The lowest BCUT2D eigenvalue weighted by molar-refractivity contribution is 0.0994. The molecule has 1 aliphatic carbocycles. The lowest BCUT2D eigenvalue weighted by Gasteiger charge is -2.16. The number of hydrogen-bond donors (Lipinski definition) is 2. The SMILES string of the molecule is CC1CCCC(Nc2ccc(C(N)=O)nn2)CC1. The molecule has 0 bridgehead atoms. The summed E-state index contributed by atoms with van der Waals surface area (Å²) in [4.78, 5) is 10.9. The molecule has 2 atom stereocenters. The number of carbonyl (C=O) groups excluding carboxylic acids is 1. The minimum absolute atomic E-state index is 0.204. The predicted octanol–water partition coefficient (Wildman–Crippen LogP) is 1.96. The second kappa shape index (κ2) is 5.80. The molecule has 1 aromatic rings. The van der Waals surface area contributed by atoms with E-state index in [9.17, 15) is 4.79 Å². The Balaban J connectivity index is 1.94. The highest BCUT2D eigenvalue weighted by Gasteiger charge is 2.16. The second-order valence-corrected chi connectivity index (χ2v) is 5.12. The molecule has 0 saturated heterocycles. The third-order valence-electron chi connectivity index (χ3n) is 3.53. The van der Waals surface area contributed by atoms with Gasteiger partial charge in [-0.1, -0.05) is 19.8 Å². The molecule has 1 aliphatic rings. The average molecular weight is 248 g/mol. The van der Waals surface area contributed by atoms with E-state index < -0.39 is 5.91 Å². The van der Waals surface area contributed by atoms with Crippen molar-refractivity contribution in [3.05, 3.63) is 17.8 Å². The molecule has 1 saturated carbocycles. The number of hydrogen-bond acceptors (Lipinski definition) is 4. The largest absolute Gasteiger partial charge is 0.366 e. The number of anilines is 1. The first kappa shape index (κ1) is 12.8. The third-order valence-corrected chi connectivity index (χ3v) is 3.53. The Bertz CT molecular complexity index is 404. The van der Waals surface area contributed by atoms with Crippen LogP contribution in [0.15, 0.2) is 12.1 Å². The fourth-order valence-electron chi connectivity index (χ4n) is 2.38. The number of nitrogens with zero attached hydrogens (tertiary/aromatic N) is 2. The van der Waals surface area contributed by atoms with Gasteiger partial charge >= 0.3 is 0 Å². The van der Waals surface area contributed by atoms with Crippen molar-refractivity contribution in [2.24, 2.45) is 11.7 Å². The van der Waals surface area contributed by atoms with Crippen LogP contribution in [-0.2, 0) is 0 Å². The lowest BCUT2D eigenvalue weighted by Crippen LogP contribution is -2.20. The van der Waals surface area contributed by atoms with Crippen LogP contribution in [0, 0.1) is 5.92 Å². The maximum Gasteiger partial charge on any atom is 0.269 e. The molecule has 1 heterocycles. The molecule has 0 aliphatic heterocycles. The molecule has 2 rings (SSSR count).